The molecule has 26 heavy (non-hydrogen) atoms. The van der Waals surface area contributed by atoms with Crippen LogP contribution in [0.25, 0.3) is 0 Å². The number of halogens is 1. The number of hydrogen-bond acceptors (Lipinski definition) is 5. The zero-order valence-electron chi connectivity index (χ0n) is 16.0. The van der Waals surface area contributed by atoms with Gasteiger partial charge in [0.1, 0.15) is 17.2 Å². The number of rotatable bonds is 10. The van der Waals surface area contributed by atoms with Gasteiger partial charge in [-0.1, -0.05) is 0 Å². The molecule has 7 heteroatoms. The number of benzene rings is 1. The molecule has 0 saturated carbocycles. The second-order valence-electron chi connectivity index (χ2n) is 6.46. The number of carbonyl (C=O) groups excluding carboxylic acids is 1. The van der Waals surface area contributed by atoms with Crippen molar-refractivity contribution in [1.82, 2.24) is 10.2 Å². The van der Waals surface area contributed by atoms with Gasteiger partial charge in [0.15, 0.2) is 0 Å². The number of nitrogens with one attached hydrogen (secondary N) is 1. The summed E-state index contributed by atoms with van der Waals surface area (Å²) in [5, 5.41) is 3.34. The molecule has 6 nitrogen and oxygen atoms in total. The van der Waals surface area contributed by atoms with Crippen molar-refractivity contribution >= 4 is 18.3 Å². The van der Waals surface area contributed by atoms with Crippen molar-refractivity contribution in [2.45, 2.75) is 25.7 Å². The predicted octanol–water partition coefficient (Wildman–Crippen LogP) is 2.74. The Morgan fingerprint density at radius 2 is 1.85 bits per heavy atom. The van der Waals surface area contributed by atoms with Gasteiger partial charge in [-0.25, -0.2) is 0 Å². The van der Waals surface area contributed by atoms with Gasteiger partial charge in [-0.2, -0.15) is 0 Å². The Morgan fingerprint density at radius 1 is 1.19 bits per heavy atom. The van der Waals surface area contributed by atoms with E-state index in [4.69, 9.17) is 14.2 Å². The maximum Gasteiger partial charge on any atom is 0.222 e. The van der Waals surface area contributed by atoms with Crippen LogP contribution in [0.3, 0.4) is 0 Å². The number of ether oxygens (including phenoxy) is 3. The molecule has 1 aliphatic rings. The van der Waals surface area contributed by atoms with E-state index in [0.717, 1.165) is 25.9 Å². The topological polar surface area (TPSA) is 60.0 Å². The normalized spacial score (nSPS) is 15.9. The first-order valence-corrected chi connectivity index (χ1v) is 8.93. The van der Waals surface area contributed by atoms with Crippen LogP contribution in [-0.4, -0.2) is 58.3 Å². The van der Waals surface area contributed by atoms with Gasteiger partial charge in [-0.15, -0.1) is 12.4 Å². The van der Waals surface area contributed by atoms with Crippen molar-refractivity contribution in [2.24, 2.45) is 5.92 Å². The fourth-order valence-electron chi connectivity index (χ4n) is 2.96. The SMILES string of the molecule is COc1cc(OC)cc(OCCCN(C)C(=O)CCC2CCNC2)c1.Cl. The fraction of sp³-hybridized carbons (Fsp3) is 0.632. The summed E-state index contributed by atoms with van der Waals surface area (Å²) in [5.41, 5.74) is 0. The molecule has 1 fully saturated rings. The van der Waals surface area contributed by atoms with Crippen LogP contribution >= 0.6 is 12.4 Å². The summed E-state index contributed by atoms with van der Waals surface area (Å²) in [6, 6.07) is 5.46. The fourth-order valence-corrected chi connectivity index (χ4v) is 2.96. The van der Waals surface area contributed by atoms with Crippen LogP contribution in [0.4, 0.5) is 0 Å². The van der Waals surface area contributed by atoms with Crippen LogP contribution < -0.4 is 19.5 Å². The van der Waals surface area contributed by atoms with Gasteiger partial charge < -0.3 is 24.4 Å². The second-order valence-corrected chi connectivity index (χ2v) is 6.46. The Morgan fingerprint density at radius 3 is 2.42 bits per heavy atom. The molecular weight excluding hydrogens is 356 g/mol. The van der Waals surface area contributed by atoms with Crippen LogP contribution in [0.1, 0.15) is 25.7 Å². The monoisotopic (exact) mass is 386 g/mol. The van der Waals surface area contributed by atoms with Crippen LogP contribution in [0, 0.1) is 5.92 Å². The Labute approximate surface area is 162 Å². The van der Waals surface area contributed by atoms with E-state index >= 15 is 0 Å². The molecule has 148 valence electrons. The van der Waals surface area contributed by atoms with Crippen molar-refractivity contribution in [3.63, 3.8) is 0 Å². The van der Waals surface area contributed by atoms with E-state index in [1.54, 1.807) is 25.2 Å². The average Bonchev–Trinajstić information content (AvgIpc) is 3.16. The molecule has 0 radical (unpaired) electrons. The van der Waals surface area contributed by atoms with E-state index in [9.17, 15) is 4.79 Å². The minimum Gasteiger partial charge on any atom is -0.496 e. The van der Waals surface area contributed by atoms with E-state index in [0.29, 0.717) is 42.7 Å². The van der Waals surface area contributed by atoms with E-state index in [2.05, 4.69) is 5.32 Å². The summed E-state index contributed by atoms with van der Waals surface area (Å²) >= 11 is 0. The smallest absolute Gasteiger partial charge is 0.222 e. The summed E-state index contributed by atoms with van der Waals surface area (Å²) in [4.78, 5) is 14.0. The molecule has 2 rings (SSSR count). The first-order valence-electron chi connectivity index (χ1n) is 8.93. The van der Waals surface area contributed by atoms with Crippen LogP contribution in [0.15, 0.2) is 18.2 Å². The maximum atomic E-state index is 12.2. The van der Waals surface area contributed by atoms with E-state index in [1.165, 1.54) is 6.42 Å². The van der Waals surface area contributed by atoms with Crippen molar-refractivity contribution in [3.05, 3.63) is 18.2 Å². The van der Waals surface area contributed by atoms with Gasteiger partial charge in [0.2, 0.25) is 5.91 Å². The molecule has 1 aliphatic heterocycles. The largest absolute Gasteiger partial charge is 0.496 e. The molecule has 0 spiro atoms. The zero-order valence-corrected chi connectivity index (χ0v) is 16.8. The summed E-state index contributed by atoms with van der Waals surface area (Å²) in [7, 11) is 5.09. The molecule has 1 aromatic carbocycles. The highest BCUT2D eigenvalue weighted by molar-refractivity contribution is 5.85. The van der Waals surface area contributed by atoms with Gasteiger partial charge in [0.25, 0.3) is 0 Å². The predicted molar refractivity (Wildman–Crippen MR) is 105 cm³/mol. The van der Waals surface area contributed by atoms with Crippen LogP contribution in [0.2, 0.25) is 0 Å². The molecule has 1 N–H and O–H groups in total. The zero-order chi connectivity index (χ0) is 18.1. The molecule has 1 aromatic rings. The number of nitrogens with zero attached hydrogens (tertiary/aromatic N) is 1. The van der Waals surface area contributed by atoms with Crippen molar-refractivity contribution in [2.75, 3.05) is 47.5 Å². The molecule has 0 aromatic heterocycles. The highest BCUT2D eigenvalue weighted by Crippen LogP contribution is 2.27. The quantitative estimate of drug-likeness (QED) is 0.626. The molecule has 0 aliphatic carbocycles. The van der Waals surface area contributed by atoms with Crippen molar-refractivity contribution in [3.8, 4) is 17.2 Å². The minimum atomic E-state index is 0. The molecular formula is C19H31ClN2O4. The third kappa shape index (κ3) is 7.30. The average molecular weight is 387 g/mol. The van der Waals surface area contributed by atoms with Crippen molar-refractivity contribution < 1.29 is 19.0 Å². The molecule has 1 saturated heterocycles. The van der Waals surface area contributed by atoms with Gasteiger partial charge in [-0.3, -0.25) is 4.79 Å². The summed E-state index contributed by atoms with van der Waals surface area (Å²) in [5.74, 6) is 2.98. The van der Waals surface area contributed by atoms with E-state index < -0.39 is 0 Å². The van der Waals surface area contributed by atoms with Crippen LogP contribution in [0.5, 0.6) is 17.2 Å². The summed E-state index contributed by atoms with van der Waals surface area (Å²) in [6.07, 6.45) is 3.59. The third-order valence-electron chi connectivity index (χ3n) is 4.59. The Kier molecular flexibility index (Phi) is 10.2. The Bertz CT molecular complexity index is 528. The van der Waals surface area contributed by atoms with E-state index in [1.807, 2.05) is 19.2 Å². The molecule has 1 amide bonds. The van der Waals surface area contributed by atoms with Crippen LogP contribution in [-0.2, 0) is 4.79 Å². The first kappa shape index (κ1) is 22.4. The van der Waals surface area contributed by atoms with E-state index in [-0.39, 0.29) is 18.3 Å². The lowest BCUT2D eigenvalue weighted by molar-refractivity contribution is -0.130. The lowest BCUT2D eigenvalue weighted by Crippen LogP contribution is -2.29. The number of amides is 1. The number of carbonyl (C=O) groups is 1. The molecule has 1 unspecified atom stereocenters. The lowest BCUT2D eigenvalue weighted by atomic mass is 10.0. The van der Waals surface area contributed by atoms with Gasteiger partial charge in [0, 0.05) is 38.2 Å². The first-order chi connectivity index (χ1) is 12.1. The standard InChI is InChI=1S/C19H30N2O4.ClH/c1-21(19(22)6-5-15-7-8-20-14-15)9-4-10-25-18-12-16(23-2)11-17(13-18)24-3;/h11-13,15,20H,4-10,14H2,1-3H3;1H. The molecule has 0 bridgehead atoms. The van der Waals surface area contributed by atoms with Gasteiger partial charge in [0.05, 0.1) is 20.8 Å². The summed E-state index contributed by atoms with van der Waals surface area (Å²) < 4.78 is 16.2. The lowest BCUT2D eigenvalue weighted by Gasteiger charge is -2.18. The number of hydrogen-bond donors (Lipinski definition) is 1. The van der Waals surface area contributed by atoms with Gasteiger partial charge >= 0.3 is 0 Å². The molecule has 1 heterocycles. The molecule has 1 atom stereocenters. The third-order valence-corrected chi connectivity index (χ3v) is 4.59. The van der Waals surface area contributed by atoms with Gasteiger partial charge in [-0.05, 0) is 38.3 Å². The highest BCUT2D eigenvalue weighted by atomic mass is 35.5. The maximum absolute atomic E-state index is 12.2. The summed E-state index contributed by atoms with van der Waals surface area (Å²) in [6.45, 7) is 3.37. The highest BCUT2D eigenvalue weighted by Gasteiger charge is 2.17. The second kappa shape index (κ2) is 11.9. The minimum absolute atomic E-state index is 0. The Balaban J connectivity index is 0.00000338. The number of methoxy groups -OCH3 is 2. The van der Waals surface area contributed by atoms with Crippen molar-refractivity contribution in [1.29, 1.82) is 0 Å². The Hall–Kier alpha value is -1.66.